The van der Waals surface area contributed by atoms with Gasteiger partial charge in [-0.05, 0) is 51.1 Å². The average molecular weight is 275 g/mol. The summed E-state index contributed by atoms with van der Waals surface area (Å²) in [4.78, 5) is 17.2. The maximum Gasteiger partial charge on any atom is 0.254 e. The fourth-order valence-electron chi connectivity index (χ4n) is 2.90. The van der Waals surface area contributed by atoms with Crippen LogP contribution in [-0.2, 0) is 0 Å². The van der Waals surface area contributed by atoms with Crippen LogP contribution >= 0.6 is 0 Å². The fraction of sp³-hybridized carbons (Fsp3) is 0.562. The van der Waals surface area contributed by atoms with Crippen molar-refractivity contribution in [3.05, 3.63) is 29.3 Å². The van der Waals surface area contributed by atoms with E-state index in [0.29, 0.717) is 5.69 Å². The molecule has 4 nitrogen and oxygen atoms in total. The predicted octanol–water partition coefficient (Wildman–Crippen LogP) is 2.13. The molecule has 0 saturated carbocycles. The normalized spacial score (nSPS) is 20.8. The second-order valence-corrected chi connectivity index (χ2v) is 5.70. The van der Waals surface area contributed by atoms with Crippen molar-refractivity contribution >= 4 is 11.6 Å². The Hall–Kier alpha value is -1.55. The number of likely N-dealkylation sites (N-methyl/N-ethyl adjacent to an activating group) is 1. The lowest BCUT2D eigenvalue weighted by Gasteiger charge is -2.31. The average Bonchev–Trinajstić information content (AvgIpc) is 2.62. The number of hydrogen-bond donors (Lipinski definition) is 1. The smallest absolute Gasteiger partial charge is 0.254 e. The van der Waals surface area contributed by atoms with Gasteiger partial charge in [0.25, 0.3) is 5.91 Å². The molecule has 2 N–H and O–H groups in total. The highest BCUT2D eigenvalue weighted by Crippen LogP contribution is 2.21. The second kappa shape index (κ2) is 6.27. The van der Waals surface area contributed by atoms with E-state index >= 15 is 0 Å². The van der Waals surface area contributed by atoms with Gasteiger partial charge in [-0.2, -0.15) is 0 Å². The Kier molecular flexibility index (Phi) is 4.65. The van der Waals surface area contributed by atoms with E-state index in [1.165, 1.54) is 0 Å². The van der Waals surface area contributed by atoms with E-state index in [2.05, 4.69) is 18.9 Å². The molecule has 0 spiro atoms. The number of hydrogen-bond acceptors (Lipinski definition) is 3. The van der Waals surface area contributed by atoms with Crippen LogP contribution < -0.4 is 5.73 Å². The van der Waals surface area contributed by atoms with Crippen LogP contribution in [0.4, 0.5) is 5.69 Å². The van der Waals surface area contributed by atoms with Crippen LogP contribution in [0.1, 0.15) is 35.7 Å². The Morgan fingerprint density at radius 3 is 2.85 bits per heavy atom. The molecule has 1 aliphatic rings. The first-order valence-electron chi connectivity index (χ1n) is 7.39. The first-order chi connectivity index (χ1) is 9.54. The highest BCUT2D eigenvalue weighted by molar-refractivity contribution is 5.97. The molecule has 0 bridgehead atoms. The number of carbonyl (C=O) groups excluding carboxylic acids is 1. The van der Waals surface area contributed by atoms with Gasteiger partial charge in [-0.1, -0.05) is 13.0 Å². The van der Waals surface area contributed by atoms with Gasteiger partial charge in [0.05, 0.1) is 0 Å². The van der Waals surface area contributed by atoms with Crippen LogP contribution in [0, 0.1) is 6.92 Å². The van der Waals surface area contributed by atoms with Crippen LogP contribution in [0.25, 0.3) is 0 Å². The van der Waals surface area contributed by atoms with E-state index in [9.17, 15) is 4.79 Å². The Labute approximate surface area is 121 Å². The maximum absolute atomic E-state index is 12.9. The summed E-state index contributed by atoms with van der Waals surface area (Å²) in [5.41, 5.74) is 8.26. The Morgan fingerprint density at radius 2 is 2.15 bits per heavy atom. The lowest BCUT2D eigenvalue weighted by molar-refractivity contribution is 0.0675. The van der Waals surface area contributed by atoms with E-state index in [1.807, 2.05) is 30.0 Å². The number of anilines is 1. The van der Waals surface area contributed by atoms with Crippen molar-refractivity contribution in [1.29, 1.82) is 0 Å². The first kappa shape index (κ1) is 14.9. The largest absolute Gasteiger partial charge is 0.398 e. The summed E-state index contributed by atoms with van der Waals surface area (Å²) in [7, 11) is 2.13. The van der Waals surface area contributed by atoms with E-state index in [-0.39, 0.29) is 11.9 Å². The predicted molar refractivity (Wildman–Crippen MR) is 82.8 cm³/mol. The quantitative estimate of drug-likeness (QED) is 0.841. The van der Waals surface area contributed by atoms with Crippen molar-refractivity contribution in [2.24, 2.45) is 0 Å². The van der Waals surface area contributed by atoms with E-state index in [4.69, 9.17) is 5.73 Å². The van der Waals surface area contributed by atoms with Crippen molar-refractivity contribution in [3.63, 3.8) is 0 Å². The molecule has 1 fully saturated rings. The van der Waals surface area contributed by atoms with Crippen LogP contribution in [-0.4, -0.2) is 48.4 Å². The van der Waals surface area contributed by atoms with Crippen molar-refractivity contribution in [1.82, 2.24) is 9.80 Å². The number of nitrogen functional groups attached to an aromatic ring is 1. The fourth-order valence-corrected chi connectivity index (χ4v) is 2.90. The van der Waals surface area contributed by atoms with Crippen molar-refractivity contribution in [3.8, 4) is 0 Å². The SMILES string of the molecule is CCC1CN(C)CCCN1C(=O)c1cccc(N)c1C. The molecular formula is C16H25N3O. The van der Waals surface area contributed by atoms with Crippen molar-refractivity contribution in [2.75, 3.05) is 32.4 Å². The molecule has 0 aromatic heterocycles. The van der Waals surface area contributed by atoms with Gasteiger partial charge in [0.1, 0.15) is 0 Å². The molecular weight excluding hydrogens is 250 g/mol. The van der Waals surface area contributed by atoms with Gasteiger partial charge in [-0.3, -0.25) is 4.79 Å². The third-order valence-corrected chi connectivity index (χ3v) is 4.24. The molecule has 2 rings (SSSR count). The number of benzene rings is 1. The molecule has 1 aliphatic heterocycles. The third kappa shape index (κ3) is 2.96. The number of carbonyl (C=O) groups is 1. The standard InChI is InChI=1S/C16H25N3O/c1-4-13-11-18(3)9-6-10-19(13)16(20)14-7-5-8-15(17)12(14)2/h5,7-8,13H,4,6,9-11,17H2,1-3H3. The molecule has 1 unspecified atom stereocenters. The molecule has 0 aliphatic carbocycles. The number of nitrogens with two attached hydrogens (primary N) is 1. The lowest BCUT2D eigenvalue weighted by atomic mass is 10.0. The summed E-state index contributed by atoms with van der Waals surface area (Å²) in [6.45, 7) is 6.90. The summed E-state index contributed by atoms with van der Waals surface area (Å²) in [6, 6.07) is 5.88. The van der Waals surface area contributed by atoms with Crippen LogP contribution in [0.2, 0.25) is 0 Å². The monoisotopic (exact) mass is 275 g/mol. The lowest BCUT2D eigenvalue weighted by Crippen LogP contribution is -2.43. The summed E-state index contributed by atoms with van der Waals surface area (Å²) >= 11 is 0. The zero-order valence-electron chi connectivity index (χ0n) is 12.7. The van der Waals surface area contributed by atoms with Gasteiger partial charge in [0, 0.05) is 30.4 Å². The minimum atomic E-state index is 0.122. The highest BCUT2D eigenvalue weighted by atomic mass is 16.2. The van der Waals surface area contributed by atoms with Crippen LogP contribution in [0.3, 0.4) is 0 Å². The minimum Gasteiger partial charge on any atom is -0.398 e. The first-order valence-corrected chi connectivity index (χ1v) is 7.39. The van der Waals surface area contributed by atoms with Crippen LogP contribution in [0.5, 0.6) is 0 Å². The molecule has 1 heterocycles. The molecule has 20 heavy (non-hydrogen) atoms. The van der Waals surface area contributed by atoms with Gasteiger partial charge >= 0.3 is 0 Å². The van der Waals surface area contributed by atoms with Crippen LogP contribution in [0.15, 0.2) is 18.2 Å². The zero-order valence-corrected chi connectivity index (χ0v) is 12.7. The van der Waals surface area contributed by atoms with Gasteiger partial charge in [-0.25, -0.2) is 0 Å². The molecule has 1 aromatic rings. The van der Waals surface area contributed by atoms with Crippen molar-refractivity contribution < 1.29 is 4.79 Å². The summed E-state index contributed by atoms with van der Waals surface area (Å²) in [5.74, 6) is 0.122. The maximum atomic E-state index is 12.9. The Balaban J connectivity index is 2.28. The summed E-state index contributed by atoms with van der Waals surface area (Å²) in [6.07, 6.45) is 2.01. The molecule has 1 amide bonds. The van der Waals surface area contributed by atoms with Gasteiger partial charge < -0.3 is 15.5 Å². The van der Waals surface area contributed by atoms with E-state index in [0.717, 1.165) is 43.6 Å². The molecule has 1 aromatic carbocycles. The Morgan fingerprint density at radius 1 is 1.40 bits per heavy atom. The number of rotatable bonds is 2. The molecule has 0 radical (unpaired) electrons. The Bertz CT molecular complexity index is 487. The third-order valence-electron chi connectivity index (χ3n) is 4.24. The summed E-state index contributed by atoms with van der Waals surface area (Å²) < 4.78 is 0. The van der Waals surface area contributed by atoms with Gasteiger partial charge in [0.2, 0.25) is 0 Å². The van der Waals surface area contributed by atoms with E-state index < -0.39 is 0 Å². The highest BCUT2D eigenvalue weighted by Gasteiger charge is 2.27. The molecule has 1 atom stereocenters. The molecule has 110 valence electrons. The minimum absolute atomic E-state index is 0.122. The summed E-state index contributed by atoms with van der Waals surface area (Å²) in [5, 5.41) is 0. The molecule has 1 saturated heterocycles. The topological polar surface area (TPSA) is 49.6 Å². The second-order valence-electron chi connectivity index (χ2n) is 5.70. The van der Waals surface area contributed by atoms with E-state index in [1.54, 1.807) is 0 Å². The molecule has 4 heteroatoms. The number of amides is 1. The van der Waals surface area contributed by atoms with Crippen molar-refractivity contribution in [2.45, 2.75) is 32.7 Å². The van der Waals surface area contributed by atoms with Gasteiger partial charge in [0.15, 0.2) is 0 Å². The number of nitrogens with zero attached hydrogens (tertiary/aromatic N) is 2. The zero-order chi connectivity index (χ0) is 14.7. The van der Waals surface area contributed by atoms with Gasteiger partial charge in [-0.15, -0.1) is 0 Å².